The Bertz CT molecular complexity index is 241. The first-order valence-corrected chi connectivity index (χ1v) is 5.80. The zero-order valence-corrected chi connectivity index (χ0v) is 10.2. The maximum atomic E-state index is 10.3. The Morgan fingerprint density at radius 1 is 1.29 bits per heavy atom. The summed E-state index contributed by atoms with van der Waals surface area (Å²) in [6, 6.07) is 0. The van der Waals surface area contributed by atoms with Gasteiger partial charge in [0.15, 0.2) is 0 Å². The highest BCUT2D eigenvalue weighted by molar-refractivity contribution is 7.85. The molecule has 0 saturated carbocycles. The van der Waals surface area contributed by atoms with Gasteiger partial charge in [0.05, 0.1) is 37.3 Å². The molecule has 0 unspecified atom stereocenters. The van der Waals surface area contributed by atoms with E-state index in [1.807, 2.05) is 14.1 Å². The summed E-state index contributed by atoms with van der Waals surface area (Å²) >= 11 is 0. The molecule has 0 aliphatic rings. The van der Waals surface area contributed by atoms with Gasteiger partial charge in [0, 0.05) is 18.7 Å². The van der Waals surface area contributed by atoms with Crippen LogP contribution in [-0.4, -0.2) is 56.9 Å². The van der Waals surface area contributed by atoms with E-state index in [9.17, 15) is 13.0 Å². The van der Waals surface area contributed by atoms with Crippen molar-refractivity contribution in [2.45, 2.75) is 6.42 Å². The fourth-order valence-electron chi connectivity index (χ4n) is 1.13. The van der Waals surface area contributed by atoms with E-state index in [2.05, 4.69) is 0 Å². The molecule has 0 aromatic heterocycles. The Kier molecular flexibility index (Phi) is 7.77. The largest absolute Gasteiger partial charge is 0.748 e. The molecule has 7 heteroatoms. The van der Waals surface area contributed by atoms with E-state index in [4.69, 9.17) is 5.73 Å². The second kappa shape index (κ2) is 6.58. The molecular weight excluding hydrogens is 228 g/mol. The Morgan fingerprint density at radius 2 is 1.79 bits per heavy atom. The van der Waals surface area contributed by atoms with Crippen molar-refractivity contribution in [2.24, 2.45) is 5.73 Å². The molecule has 0 heterocycles. The molecular formula is C7H19ClN2O3S. The second-order valence-corrected chi connectivity index (χ2v) is 5.31. The lowest BCUT2D eigenvalue weighted by Crippen LogP contribution is -2.44. The van der Waals surface area contributed by atoms with E-state index in [-0.39, 0.29) is 18.2 Å². The second-order valence-electron chi connectivity index (χ2n) is 3.79. The number of hydrogen-bond acceptors (Lipinski definition) is 4. The average Bonchev–Trinajstić information content (AvgIpc) is 1.82. The lowest BCUT2D eigenvalue weighted by molar-refractivity contribution is -0.888. The van der Waals surface area contributed by atoms with Gasteiger partial charge >= 0.3 is 0 Å². The summed E-state index contributed by atoms with van der Waals surface area (Å²) in [5.41, 5.74) is 5.38. The van der Waals surface area contributed by atoms with Gasteiger partial charge in [-0.25, -0.2) is 8.42 Å². The van der Waals surface area contributed by atoms with E-state index >= 15 is 0 Å². The van der Waals surface area contributed by atoms with Crippen LogP contribution in [0.2, 0.25) is 0 Å². The summed E-state index contributed by atoms with van der Waals surface area (Å²) in [5.74, 6) is -0.279. The quantitative estimate of drug-likeness (QED) is 0.500. The number of rotatable bonds is 6. The maximum Gasteiger partial charge on any atom is 0.0948 e. The Balaban J connectivity index is 0. The SMILES string of the molecule is C[N+](C)(CCN)CCCS(=O)(=O)[O-].Cl. The van der Waals surface area contributed by atoms with Crippen LogP contribution in [0.25, 0.3) is 0 Å². The molecule has 0 radical (unpaired) electrons. The first kappa shape index (κ1) is 16.5. The van der Waals surface area contributed by atoms with Crippen molar-refractivity contribution >= 4 is 22.5 Å². The molecule has 0 spiro atoms. The Labute approximate surface area is 92.0 Å². The summed E-state index contributed by atoms with van der Waals surface area (Å²) in [6.45, 7) is 2.02. The Hall–Kier alpha value is 0.120. The molecule has 0 aliphatic carbocycles. The van der Waals surface area contributed by atoms with Crippen LogP contribution in [-0.2, 0) is 10.1 Å². The Morgan fingerprint density at radius 3 is 2.14 bits per heavy atom. The number of nitrogens with two attached hydrogens (primary N) is 1. The molecule has 88 valence electrons. The van der Waals surface area contributed by atoms with E-state index in [1.165, 1.54) is 0 Å². The van der Waals surface area contributed by atoms with E-state index in [1.54, 1.807) is 0 Å². The minimum Gasteiger partial charge on any atom is -0.748 e. The lowest BCUT2D eigenvalue weighted by Gasteiger charge is -2.29. The van der Waals surface area contributed by atoms with Crippen LogP contribution in [0.5, 0.6) is 0 Å². The van der Waals surface area contributed by atoms with E-state index in [0.717, 1.165) is 6.54 Å². The molecule has 0 atom stereocenters. The van der Waals surface area contributed by atoms with Crippen molar-refractivity contribution in [2.75, 3.05) is 39.5 Å². The highest BCUT2D eigenvalue weighted by Crippen LogP contribution is 1.99. The monoisotopic (exact) mass is 246 g/mol. The van der Waals surface area contributed by atoms with Crippen molar-refractivity contribution in [3.05, 3.63) is 0 Å². The molecule has 14 heavy (non-hydrogen) atoms. The normalized spacial score (nSPS) is 12.3. The lowest BCUT2D eigenvalue weighted by atomic mass is 10.3. The van der Waals surface area contributed by atoms with Gasteiger partial charge in [-0.1, -0.05) is 0 Å². The number of quaternary nitrogens is 1. The first-order chi connectivity index (χ1) is 5.77. The van der Waals surface area contributed by atoms with E-state index in [0.29, 0.717) is 24.0 Å². The predicted molar refractivity (Wildman–Crippen MR) is 57.3 cm³/mol. The topological polar surface area (TPSA) is 83.2 Å². The minimum absolute atomic E-state index is 0. The van der Waals surface area contributed by atoms with Gasteiger partial charge in [-0.3, -0.25) is 0 Å². The van der Waals surface area contributed by atoms with Crippen LogP contribution in [0.1, 0.15) is 6.42 Å². The van der Waals surface area contributed by atoms with E-state index < -0.39 is 10.1 Å². The molecule has 0 aliphatic heterocycles. The van der Waals surface area contributed by atoms with Gasteiger partial charge in [-0.05, 0) is 0 Å². The number of likely N-dealkylation sites (N-methyl/N-ethyl adjacent to an activating group) is 1. The van der Waals surface area contributed by atoms with Gasteiger partial charge in [0.1, 0.15) is 0 Å². The zero-order chi connectivity index (χ0) is 10.5. The summed E-state index contributed by atoms with van der Waals surface area (Å²) < 4.78 is 31.5. The van der Waals surface area contributed by atoms with Crippen LogP contribution in [0.4, 0.5) is 0 Å². The third-order valence-electron chi connectivity index (χ3n) is 1.89. The van der Waals surface area contributed by atoms with Gasteiger partial charge in [0.2, 0.25) is 0 Å². The summed E-state index contributed by atoms with van der Waals surface area (Å²) in [5, 5.41) is 0. The van der Waals surface area contributed by atoms with Crippen molar-refractivity contribution in [3.63, 3.8) is 0 Å². The molecule has 0 rings (SSSR count). The van der Waals surface area contributed by atoms with Crippen LogP contribution in [0, 0.1) is 0 Å². The van der Waals surface area contributed by atoms with Crippen LogP contribution < -0.4 is 5.73 Å². The van der Waals surface area contributed by atoms with Crippen molar-refractivity contribution in [1.29, 1.82) is 0 Å². The number of halogens is 1. The van der Waals surface area contributed by atoms with Crippen molar-refractivity contribution in [3.8, 4) is 0 Å². The van der Waals surface area contributed by atoms with Crippen molar-refractivity contribution in [1.82, 2.24) is 0 Å². The molecule has 0 aromatic carbocycles. The van der Waals surface area contributed by atoms with Gasteiger partial charge in [-0.15, -0.1) is 12.4 Å². The van der Waals surface area contributed by atoms with Crippen LogP contribution in [0.3, 0.4) is 0 Å². The number of hydrogen-bond donors (Lipinski definition) is 1. The first-order valence-electron chi connectivity index (χ1n) is 4.22. The average molecular weight is 247 g/mol. The van der Waals surface area contributed by atoms with Crippen LogP contribution in [0.15, 0.2) is 0 Å². The third-order valence-corrected chi connectivity index (χ3v) is 2.68. The molecule has 0 fully saturated rings. The molecule has 0 saturated heterocycles. The summed E-state index contributed by atoms with van der Waals surface area (Å²) in [6.07, 6.45) is 0.402. The maximum absolute atomic E-state index is 10.3. The molecule has 0 aromatic rings. The van der Waals surface area contributed by atoms with Gasteiger partial charge < -0.3 is 14.8 Å². The summed E-state index contributed by atoms with van der Waals surface area (Å²) in [4.78, 5) is 0. The van der Waals surface area contributed by atoms with Crippen LogP contribution >= 0.6 is 12.4 Å². The minimum atomic E-state index is -4.05. The zero-order valence-electron chi connectivity index (χ0n) is 8.60. The fraction of sp³-hybridized carbons (Fsp3) is 1.00. The summed E-state index contributed by atoms with van der Waals surface area (Å²) in [7, 11) is -0.128. The van der Waals surface area contributed by atoms with Gasteiger partial charge in [0.25, 0.3) is 0 Å². The molecule has 2 N–H and O–H groups in total. The molecule has 0 amide bonds. The molecule has 5 nitrogen and oxygen atoms in total. The van der Waals surface area contributed by atoms with Gasteiger partial charge in [-0.2, -0.15) is 0 Å². The predicted octanol–water partition coefficient (Wildman–Crippen LogP) is -0.621. The van der Waals surface area contributed by atoms with Crippen molar-refractivity contribution < 1.29 is 17.5 Å². The fourth-order valence-corrected chi connectivity index (χ4v) is 1.61. The standard InChI is InChI=1S/C7H18N2O3S.ClH/c1-9(2,6-4-8)5-3-7-13(10,11)12;/h3-8H2,1-2H3;1H. The molecule has 0 bridgehead atoms. The third kappa shape index (κ3) is 10.2. The smallest absolute Gasteiger partial charge is 0.0948 e. The number of nitrogens with zero attached hydrogens (tertiary/aromatic N) is 1. The highest BCUT2D eigenvalue weighted by Gasteiger charge is 2.13. The highest BCUT2D eigenvalue weighted by atomic mass is 35.5.